The van der Waals surface area contributed by atoms with Gasteiger partial charge in [-0.15, -0.1) is 0 Å². The lowest BCUT2D eigenvalue weighted by atomic mass is 10.0. The maximum absolute atomic E-state index is 11.9. The van der Waals surface area contributed by atoms with Gasteiger partial charge in [-0.3, -0.25) is 4.79 Å². The number of carbonyl (C=O) groups excluding carboxylic acids is 1. The van der Waals surface area contributed by atoms with E-state index in [1.165, 1.54) is 0 Å². The predicted molar refractivity (Wildman–Crippen MR) is 75.9 cm³/mol. The van der Waals surface area contributed by atoms with Crippen LogP contribution in [0, 0.1) is 12.8 Å². The van der Waals surface area contributed by atoms with Gasteiger partial charge in [-0.25, -0.2) is 9.97 Å². The topological polar surface area (TPSA) is 64.1 Å². The quantitative estimate of drug-likeness (QED) is 0.861. The largest absolute Gasteiger partial charge is 0.466 e. The van der Waals surface area contributed by atoms with Gasteiger partial charge in [0.25, 0.3) is 0 Å². The molecule has 0 radical (unpaired) electrons. The molecule has 0 unspecified atom stereocenters. The van der Waals surface area contributed by atoms with Crippen molar-refractivity contribution in [1.82, 2.24) is 9.97 Å². The van der Waals surface area contributed by atoms with Crippen molar-refractivity contribution in [3.05, 3.63) is 16.5 Å². The number of nitrogens with zero attached hydrogens (tertiary/aromatic N) is 2. The third-order valence-corrected chi connectivity index (χ3v) is 3.87. The molecule has 1 fully saturated rings. The molecule has 1 heterocycles. The van der Waals surface area contributed by atoms with Crippen LogP contribution in [-0.4, -0.2) is 28.6 Å². The minimum Gasteiger partial charge on any atom is -0.466 e. The third-order valence-electron chi connectivity index (χ3n) is 3.29. The van der Waals surface area contributed by atoms with Crippen molar-refractivity contribution in [2.24, 2.45) is 5.92 Å². The summed E-state index contributed by atoms with van der Waals surface area (Å²) < 4.78 is 5.94. The maximum atomic E-state index is 11.9. The molecule has 19 heavy (non-hydrogen) atoms. The fourth-order valence-electron chi connectivity index (χ4n) is 2.40. The SMILES string of the molecule is CCOC(=O)[C@@H]1CCC[C@H]1Nc1nc(C)ncc1Br. The zero-order valence-corrected chi connectivity index (χ0v) is 12.7. The van der Waals surface area contributed by atoms with Gasteiger partial charge < -0.3 is 10.1 Å². The molecule has 1 aliphatic rings. The second kappa shape index (κ2) is 6.32. The number of anilines is 1. The zero-order chi connectivity index (χ0) is 13.8. The van der Waals surface area contributed by atoms with Gasteiger partial charge in [0.1, 0.15) is 11.6 Å². The van der Waals surface area contributed by atoms with Gasteiger partial charge in [0.15, 0.2) is 0 Å². The van der Waals surface area contributed by atoms with E-state index in [2.05, 4.69) is 31.2 Å². The van der Waals surface area contributed by atoms with Crippen LogP contribution in [-0.2, 0) is 9.53 Å². The van der Waals surface area contributed by atoms with Crippen LogP contribution in [0.15, 0.2) is 10.7 Å². The smallest absolute Gasteiger partial charge is 0.311 e. The van der Waals surface area contributed by atoms with Crippen molar-refractivity contribution in [2.45, 2.75) is 39.2 Å². The minimum absolute atomic E-state index is 0.0814. The van der Waals surface area contributed by atoms with Crippen LogP contribution in [0.3, 0.4) is 0 Å². The summed E-state index contributed by atoms with van der Waals surface area (Å²) in [5.74, 6) is 1.26. The Morgan fingerprint density at radius 2 is 2.37 bits per heavy atom. The van der Waals surface area contributed by atoms with Gasteiger partial charge in [-0.05, 0) is 42.6 Å². The monoisotopic (exact) mass is 327 g/mol. The highest BCUT2D eigenvalue weighted by molar-refractivity contribution is 9.10. The molecule has 1 saturated carbocycles. The number of esters is 1. The summed E-state index contributed by atoms with van der Waals surface area (Å²) in [6.07, 6.45) is 4.58. The van der Waals surface area contributed by atoms with Crippen molar-refractivity contribution >= 4 is 27.7 Å². The van der Waals surface area contributed by atoms with Crippen molar-refractivity contribution in [2.75, 3.05) is 11.9 Å². The number of carbonyl (C=O) groups is 1. The highest BCUT2D eigenvalue weighted by Crippen LogP contribution is 2.31. The third kappa shape index (κ3) is 3.43. The fraction of sp³-hybridized carbons (Fsp3) is 0.615. The van der Waals surface area contributed by atoms with E-state index in [-0.39, 0.29) is 17.9 Å². The molecule has 0 saturated heterocycles. The molecule has 1 aromatic rings. The molecule has 0 spiro atoms. The fourth-order valence-corrected chi connectivity index (χ4v) is 2.70. The summed E-state index contributed by atoms with van der Waals surface area (Å²) in [4.78, 5) is 20.4. The number of halogens is 1. The highest BCUT2D eigenvalue weighted by Gasteiger charge is 2.34. The Kier molecular flexibility index (Phi) is 4.74. The van der Waals surface area contributed by atoms with Crippen LogP contribution in [0.2, 0.25) is 0 Å². The second-order valence-corrected chi connectivity index (χ2v) is 5.51. The molecule has 0 bridgehead atoms. The van der Waals surface area contributed by atoms with Crippen LogP contribution in [0.1, 0.15) is 32.0 Å². The summed E-state index contributed by atoms with van der Waals surface area (Å²) in [6.45, 7) is 4.10. The Hall–Kier alpha value is -1.17. The van der Waals surface area contributed by atoms with Gasteiger partial charge in [0.2, 0.25) is 0 Å². The summed E-state index contributed by atoms with van der Waals surface area (Å²) >= 11 is 3.42. The maximum Gasteiger partial charge on any atom is 0.311 e. The molecule has 2 atom stereocenters. The first-order valence-electron chi connectivity index (χ1n) is 6.54. The Labute approximate surface area is 121 Å². The van der Waals surface area contributed by atoms with E-state index in [1.54, 1.807) is 6.20 Å². The van der Waals surface area contributed by atoms with E-state index in [0.29, 0.717) is 12.4 Å². The predicted octanol–water partition coefficient (Wildman–Crippen LogP) is 2.69. The molecule has 1 aliphatic carbocycles. The van der Waals surface area contributed by atoms with Gasteiger partial charge in [-0.2, -0.15) is 0 Å². The average molecular weight is 328 g/mol. The van der Waals surface area contributed by atoms with Crippen molar-refractivity contribution in [3.63, 3.8) is 0 Å². The number of ether oxygens (including phenoxy) is 1. The highest BCUT2D eigenvalue weighted by atomic mass is 79.9. The van der Waals surface area contributed by atoms with E-state index < -0.39 is 0 Å². The molecule has 104 valence electrons. The van der Waals surface area contributed by atoms with Crippen molar-refractivity contribution in [1.29, 1.82) is 0 Å². The van der Waals surface area contributed by atoms with Crippen molar-refractivity contribution < 1.29 is 9.53 Å². The molecule has 1 aromatic heterocycles. The van der Waals surface area contributed by atoms with Crippen LogP contribution in [0.25, 0.3) is 0 Å². The average Bonchev–Trinajstić information content (AvgIpc) is 2.82. The number of hydrogen-bond donors (Lipinski definition) is 1. The summed E-state index contributed by atoms with van der Waals surface area (Å²) in [6, 6.07) is 0.0876. The van der Waals surface area contributed by atoms with E-state index in [4.69, 9.17) is 4.74 Å². The number of rotatable bonds is 4. The van der Waals surface area contributed by atoms with Gasteiger partial charge in [0, 0.05) is 12.2 Å². The first kappa shape index (κ1) is 14.2. The summed E-state index contributed by atoms with van der Waals surface area (Å²) in [5.41, 5.74) is 0. The zero-order valence-electron chi connectivity index (χ0n) is 11.1. The van der Waals surface area contributed by atoms with Gasteiger partial charge in [-0.1, -0.05) is 6.42 Å². The van der Waals surface area contributed by atoms with Crippen LogP contribution >= 0.6 is 15.9 Å². The van der Waals surface area contributed by atoms with E-state index >= 15 is 0 Å². The molecule has 0 amide bonds. The van der Waals surface area contributed by atoms with Gasteiger partial charge in [0.05, 0.1) is 17.0 Å². The van der Waals surface area contributed by atoms with E-state index in [1.807, 2.05) is 13.8 Å². The van der Waals surface area contributed by atoms with Crippen LogP contribution in [0.5, 0.6) is 0 Å². The van der Waals surface area contributed by atoms with Crippen molar-refractivity contribution in [3.8, 4) is 0 Å². The number of aromatic nitrogens is 2. The number of aryl methyl sites for hydroxylation is 1. The summed E-state index contributed by atoms with van der Waals surface area (Å²) in [7, 11) is 0. The molecule has 5 nitrogen and oxygen atoms in total. The van der Waals surface area contributed by atoms with E-state index in [0.717, 1.165) is 29.6 Å². The van der Waals surface area contributed by atoms with Crippen LogP contribution in [0.4, 0.5) is 5.82 Å². The minimum atomic E-state index is -0.112. The lowest BCUT2D eigenvalue weighted by Gasteiger charge is -2.20. The van der Waals surface area contributed by atoms with E-state index in [9.17, 15) is 4.79 Å². The molecular formula is C13H18BrN3O2. The second-order valence-electron chi connectivity index (χ2n) is 4.65. The van der Waals surface area contributed by atoms with Gasteiger partial charge >= 0.3 is 5.97 Å². The summed E-state index contributed by atoms with van der Waals surface area (Å²) in [5, 5.41) is 3.34. The standard InChI is InChI=1S/C13H18BrN3O2/c1-3-19-13(18)9-5-4-6-11(9)17-12-10(14)7-15-8(2)16-12/h7,9,11H,3-6H2,1-2H3,(H,15,16,17)/t9-,11-/m1/s1. The molecule has 0 aliphatic heterocycles. The normalized spacial score (nSPS) is 22.3. The Bertz CT molecular complexity index is 467. The number of hydrogen-bond acceptors (Lipinski definition) is 5. The molecule has 6 heteroatoms. The Morgan fingerprint density at radius 1 is 1.58 bits per heavy atom. The molecule has 0 aromatic carbocycles. The first-order valence-corrected chi connectivity index (χ1v) is 7.33. The lowest BCUT2D eigenvalue weighted by Crippen LogP contribution is -2.31. The Balaban J connectivity index is 2.09. The lowest BCUT2D eigenvalue weighted by molar-refractivity contribution is -0.148. The molecule has 2 rings (SSSR count). The first-order chi connectivity index (χ1) is 9.11. The number of nitrogens with one attached hydrogen (secondary N) is 1. The molecular weight excluding hydrogens is 310 g/mol. The van der Waals surface area contributed by atoms with Crippen LogP contribution < -0.4 is 5.32 Å². The Morgan fingerprint density at radius 3 is 3.11 bits per heavy atom. The molecule has 1 N–H and O–H groups in total.